The van der Waals surface area contributed by atoms with Crippen molar-refractivity contribution in [3.05, 3.63) is 95.9 Å². The summed E-state index contributed by atoms with van der Waals surface area (Å²) in [7, 11) is 0. The second-order valence-electron chi connectivity index (χ2n) is 7.87. The topological polar surface area (TPSA) is 6.48 Å². The first kappa shape index (κ1) is 18.4. The molecule has 1 fully saturated rings. The van der Waals surface area contributed by atoms with Crippen LogP contribution in [0.5, 0.6) is 0 Å². The van der Waals surface area contributed by atoms with Gasteiger partial charge in [0.2, 0.25) is 6.67 Å². The Morgan fingerprint density at radius 1 is 0.667 bits per heavy atom. The number of benzene rings is 2. The molecule has 0 spiro atoms. The highest BCUT2D eigenvalue weighted by Gasteiger charge is 2.31. The highest BCUT2D eigenvalue weighted by Crippen LogP contribution is 2.42. The van der Waals surface area contributed by atoms with Crippen LogP contribution < -0.4 is 9.80 Å². The molecule has 0 bridgehead atoms. The molecule has 1 saturated carbocycles. The van der Waals surface area contributed by atoms with Crippen molar-refractivity contribution < 1.29 is 0 Å². The normalized spacial score (nSPS) is 17.1. The summed E-state index contributed by atoms with van der Waals surface area (Å²) in [6.07, 6.45) is 8.56. The maximum Gasteiger partial charge on any atom is 0.209 e. The minimum absolute atomic E-state index is 0.852. The Morgan fingerprint density at radius 2 is 1.19 bits per heavy atom. The molecular weight excluding hydrogens is 328 g/mol. The molecule has 0 amide bonds. The Kier molecular flexibility index (Phi) is 4.92. The van der Waals surface area contributed by atoms with E-state index in [2.05, 4.69) is 101 Å². The summed E-state index contributed by atoms with van der Waals surface area (Å²) in [4.78, 5) is 4.55. The molecule has 2 aromatic rings. The Balaban J connectivity index is 1.65. The van der Waals surface area contributed by atoms with E-state index in [4.69, 9.17) is 0 Å². The van der Waals surface area contributed by atoms with Crippen LogP contribution in [0.3, 0.4) is 0 Å². The second-order valence-corrected chi connectivity index (χ2v) is 7.87. The van der Waals surface area contributed by atoms with Crippen molar-refractivity contribution in [1.82, 2.24) is 0 Å². The van der Waals surface area contributed by atoms with Gasteiger partial charge in [-0.15, -0.1) is 0 Å². The van der Waals surface area contributed by atoms with Gasteiger partial charge in [-0.05, 0) is 100 Å². The molecule has 2 nitrogen and oxygen atoms in total. The van der Waals surface area contributed by atoms with Gasteiger partial charge in [0.1, 0.15) is 0 Å². The van der Waals surface area contributed by atoms with E-state index in [1.54, 1.807) is 0 Å². The highest BCUT2D eigenvalue weighted by atomic mass is 15.4. The maximum absolute atomic E-state index is 3.63. The van der Waals surface area contributed by atoms with E-state index in [0.717, 1.165) is 13.1 Å². The molecule has 2 aromatic carbocycles. The fraction of sp³-hybridized carbons (Fsp3) is 0.280. The minimum atomic E-state index is 0.852. The van der Waals surface area contributed by atoms with Crippen molar-refractivity contribution in [1.29, 1.82) is 0 Å². The van der Waals surface area contributed by atoms with E-state index < -0.39 is 0 Å². The molecular formula is C25H27N2. The number of hydrogen-bond acceptors (Lipinski definition) is 2. The van der Waals surface area contributed by atoms with Crippen LogP contribution in [0.2, 0.25) is 0 Å². The van der Waals surface area contributed by atoms with E-state index in [-0.39, 0.29) is 0 Å². The molecule has 1 aliphatic heterocycles. The van der Waals surface area contributed by atoms with Crippen molar-refractivity contribution in [2.24, 2.45) is 0 Å². The summed E-state index contributed by atoms with van der Waals surface area (Å²) >= 11 is 0. The molecule has 1 aliphatic carbocycles. The molecule has 2 aliphatic rings. The lowest BCUT2D eigenvalue weighted by atomic mass is 9.99. The van der Waals surface area contributed by atoms with Crippen molar-refractivity contribution in [2.45, 2.75) is 41.2 Å². The van der Waals surface area contributed by atoms with Crippen molar-refractivity contribution in [3.63, 3.8) is 0 Å². The van der Waals surface area contributed by atoms with Crippen LogP contribution in [0.25, 0.3) is 0 Å². The summed E-state index contributed by atoms with van der Waals surface area (Å²) in [5.74, 6) is 1.32. The zero-order valence-corrected chi connectivity index (χ0v) is 16.9. The van der Waals surface area contributed by atoms with E-state index >= 15 is 0 Å². The van der Waals surface area contributed by atoms with Crippen LogP contribution in [-0.4, -0.2) is 6.54 Å². The van der Waals surface area contributed by atoms with Crippen LogP contribution in [0.4, 0.5) is 11.4 Å². The fourth-order valence-corrected chi connectivity index (χ4v) is 4.03. The number of aryl methyl sites for hydroxylation is 5. The molecule has 0 atom stereocenters. The predicted molar refractivity (Wildman–Crippen MR) is 114 cm³/mol. The third-order valence-electron chi connectivity index (χ3n) is 5.64. The van der Waals surface area contributed by atoms with Gasteiger partial charge in [0.15, 0.2) is 0 Å². The number of hydrogen-bond donors (Lipinski definition) is 0. The van der Waals surface area contributed by atoms with Gasteiger partial charge in [-0.1, -0.05) is 17.7 Å². The van der Waals surface area contributed by atoms with Gasteiger partial charge in [0.05, 0.1) is 11.4 Å². The minimum Gasteiger partial charge on any atom is -0.339 e. The smallest absolute Gasteiger partial charge is 0.209 e. The van der Waals surface area contributed by atoms with Crippen LogP contribution in [-0.2, 0) is 6.54 Å². The van der Waals surface area contributed by atoms with E-state index in [9.17, 15) is 0 Å². The first-order chi connectivity index (χ1) is 12.9. The van der Waals surface area contributed by atoms with Crippen LogP contribution >= 0.6 is 0 Å². The van der Waals surface area contributed by atoms with Gasteiger partial charge in [0.25, 0.3) is 0 Å². The quantitative estimate of drug-likeness (QED) is 0.719. The van der Waals surface area contributed by atoms with E-state index in [1.807, 2.05) is 0 Å². The van der Waals surface area contributed by atoms with E-state index in [0.29, 0.717) is 0 Å². The average Bonchev–Trinajstić information content (AvgIpc) is 3.21. The van der Waals surface area contributed by atoms with Crippen LogP contribution in [0.1, 0.15) is 33.4 Å². The van der Waals surface area contributed by atoms with Crippen molar-refractivity contribution in [3.8, 4) is 0 Å². The largest absolute Gasteiger partial charge is 0.339 e. The third kappa shape index (κ3) is 3.59. The monoisotopic (exact) mass is 355 g/mol. The van der Waals surface area contributed by atoms with Gasteiger partial charge in [-0.25, -0.2) is 0 Å². The second kappa shape index (κ2) is 7.22. The van der Waals surface area contributed by atoms with Gasteiger partial charge in [0, 0.05) is 19.0 Å². The molecule has 137 valence electrons. The average molecular weight is 356 g/mol. The zero-order chi connectivity index (χ0) is 19.1. The molecule has 4 rings (SSSR count). The summed E-state index contributed by atoms with van der Waals surface area (Å²) in [6, 6.07) is 9.17. The fourth-order valence-electron chi connectivity index (χ4n) is 4.03. The lowest BCUT2D eigenvalue weighted by Crippen LogP contribution is -2.28. The molecule has 0 unspecified atom stereocenters. The molecule has 0 aromatic heterocycles. The van der Waals surface area contributed by atoms with Gasteiger partial charge in [-0.2, -0.15) is 0 Å². The Morgan fingerprint density at radius 3 is 1.74 bits per heavy atom. The van der Waals surface area contributed by atoms with Gasteiger partial charge < -0.3 is 9.80 Å². The van der Waals surface area contributed by atoms with Gasteiger partial charge in [-0.3, -0.25) is 0 Å². The maximum atomic E-state index is 3.63. The number of anilines is 2. The summed E-state index contributed by atoms with van der Waals surface area (Å²) in [6.45, 7) is 16.3. The molecule has 1 heterocycles. The summed E-state index contributed by atoms with van der Waals surface area (Å²) in [5, 5.41) is 0. The molecule has 27 heavy (non-hydrogen) atoms. The Hall–Kier alpha value is -1.96. The van der Waals surface area contributed by atoms with E-state index in [1.165, 1.54) is 50.7 Å². The SMILES string of the molecule is Cc1cc(C)c(CN2[C]N(C[C]3[CH][CH][CH][CH]3)c3cc(C)c(C)cc32)c(C)c1. The van der Waals surface area contributed by atoms with Crippen molar-refractivity contribution >= 4 is 11.4 Å². The van der Waals surface area contributed by atoms with Crippen LogP contribution in [0, 0.1) is 72.9 Å². The Bertz CT molecular complexity index is 823. The third-order valence-corrected chi connectivity index (χ3v) is 5.64. The summed E-state index contributed by atoms with van der Waals surface area (Å²) in [5.41, 5.74) is 10.6. The molecule has 0 N–H and O–H groups in total. The standard InChI is InChI=1S/C25H27N2/c1-17-10-20(4)23(21(5)11-17)15-27-16-26(14-22-8-6-7-9-22)24-12-18(2)19(3)13-25(24)27/h6-13H,14-15H2,1-5H3. The zero-order valence-electron chi connectivity index (χ0n) is 16.9. The Labute approximate surface area is 165 Å². The first-order valence-electron chi connectivity index (χ1n) is 9.62. The number of nitrogens with zero attached hydrogens (tertiary/aromatic N) is 2. The number of rotatable bonds is 4. The van der Waals surface area contributed by atoms with Gasteiger partial charge >= 0.3 is 0 Å². The molecule has 2 heteroatoms. The first-order valence-corrected chi connectivity index (χ1v) is 9.62. The van der Waals surface area contributed by atoms with Crippen LogP contribution in [0.15, 0.2) is 24.3 Å². The predicted octanol–water partition coefficient (Wildman–Crippen LogP) is 5.46. The lowest BCUT2D eigenvalue weighted by molar-refractivity contribution is 0.849. The summed E-state index contributed by atoms with van der Waals surface area (Å²) < 4.78 is 0. The number of fused-ring (bicyclic) bond motifs is 1. The highest BCUT2D eigenvalue weighted by molar-refractivity contribution is 5.81. The van der Waals surface area contributed by atoms with Crippen molar-refractivity contribution in [2.75, 3.05) is 16.3 Å². The molecule has 7 radical (unpaired) electrons. The lowest BCUT2D eigenvalue weighted by Gasteiger charge is -2.23. The molecule has 0 saturated heterocycles.